The Morgan fingerprint density at radius 2 is 1.06 bits per heavy atom. The maximum absolute atomic E-state index is 14.2. The first-order valence-corrected chi connectivity index (χ1v) is 22.8. The zero-order valence-electron chi connectivity index (χ0n) is 39.7. The quantitative estimate of drug-likeness (QED) is 0.0490. The van der Waals surface area contributed by atoms with Gasteiger partial charge in [0.2, 0.25) is 41.4 Å². The Morgan fingerprint density at radius 3 is 1.61 bits per heavy atom. The summed E-state index contributed by atoms with van der Waals surface area (Å²) in [5.74, 6) is -14.5. The molecule has 13 N–H and O–H groups in total. The molecule has 0 saturated heterocycles. The highest BCUT2D eigenvalue weighted by Crippen LogP contribution is 2.18. The number of nitrogens with one attached hydrogen (secondary N) is 7. The van der Waals surface area contributed by atoms with Crippen LogP contribution in [0.3, 0.4) is 0 Å². The Balaban J connectivity index is 2.39. The van der Waals surface area contributed by atoms with Crippen molar-refractivity contribution < 1.29 is 77.6 Å². The van der Waals surface area contributed by atoms with Crippen molar-refractivity contribution in [3.8, 4) is 0 Å². The van der Waals surface area contributed by atoms with Gasteiger partial charge >= 0.3 is 23.9 Å². The van der Waals surface area contributed by atoms with Crippen LogP contribution >= 0.6 is 11.6 Å². The maximum atomic E-state index is 14.2. The summed E-state index contributed by atoms with van der Waals surface area (Å²) in [6.07, 6.45) is -3.58. The molecule has 2 aromatic rings. The van der Waals surface area contributed by atoms with Crippen LogP contribution in [0.1, 0.15) is 84.3 Å². The number of carboxylic acids is 4. The van der Waals surface area contributed by atoms with Crippen LogP contribution in [0.5, 0.6) is 0 Å². The summed E-state index contributed by atoms with van der Waals surface area (Å²) in [6.45, 7) is 7.71. The van der Waals surface area contributed by atoms with Crippen LogP contribution < -0.4 is 43.0 Å². The number of carbonyl (C=O) groups excluding carboxylic acids is 7. The van der Waals surface area contributed by atoms with Crippen molar-refractivity contribution in [3.05, 3.63) is 70.5 Å². The molecule has 0 heterocycles. The van der Waals surface area contributed by atoms with Crippen LogP contribution in [-0.2, 0) is 65.6 Å². The minimum Gasteiger partial charge on any atom is -0.481 e. The van der Waals surface area contributed by atoms with Gasteiger partial charge in [0.25, 0.3) is 0 Å². The van der Waals surface area contributed by atoms with Gasteiger partial charge in [-0.1, -0.05) is 75.7 Å². The zero-order valence-corrected chi connectivity index (χ0v) is 40.4. The summed E-state index contributed by atoms with van der Waals surface area (Å²) in [5, 5.41) is 54.0. The molecular weight excluding hydrogens is 959 g/mol. The van der Waals surface area contributed by atoms with E-state index in [1.807, 2.05) is 0 Å². The molecule has 2 aromatic carbocycles. The molecule has 8 atom stereocenters. The molecule has 0 aromatic heterocycles. The summed E-state index contributed by atoms with van der Waals surface area (Å²) >= 11 is 5.99. The third kappa shape index (κ3) is 21.5. The molecule has 0 aliphatic heterocycles. The topological polar surface area (TPSA) is 379 Å². The van der Waals surface area contributed by atoms with Crippen LogP contribution in [0.4, 0.5) is 4.39 Å². The van der Waals surface area contributed by atoms with E-state index in [0.29, 0.717) is 5.56 Å². The molecule has 7 amide bonds. The molecule has 0 saturated carbocycles. The molecule has 0 radical (unpaired) electrons. The van der Waals surface area contributed by atoms with E-state index >= 15 is 0 Å². The Bertz CT molecular complexity index is 2250. The summed E-state index contributed by atoms with van der Waals surface area (Å²) in [7, 11) is 0. The van der Waals surface area contributed by atoms with E-state index in [1.54, 1.807) is 58.0 Å². The van der Waals surface area contributed by atoms with Crippen LogP contribution in [0.2, 0.25) is 5.02 Å². The number of carbonyl (C=O) groups is 11. The fourth-order valence-electron chi connectivity index (χ4n) is 6.74. The monoisotopic (exact) mass is 1020 g/mol. The van der Waals surface area contributed by atoms with Crippen molar-refractivity contribution in [2.24, 2.45) is 17.6 Å². The van der Waals surface area contributed by atoms with Crippen LogP contribution in [0.25, 0.3) is 0 Å². The fourth-order valence-corrected chi connectivity index (χ4v) is 6.95. The predicted octanol–water partition coefficient (Wildman–Crippen LogP) is -0.00390. The SMILES string of the molecule is CC(C)C[C@H](NC(=O)[C@@H](NC(=O)[C@@H](N)CCC(=O)O)C(C)C)C(=O)N[C@@H](Cc1ccc(F)c(Cl)c1)C(=O)N[C@@H](CC(=O)O)C(=O)N[C@@H](C)C(=O)N[C@@H](CCC(=O)O)C(=O)N[C@@H](Cc1ccccc1)C(=O)O. The second kappa shape index (κ2) is 29.1. The van der Waals surface area contributed by atoms with Crippen molar-refractivity contribution in [2.75, 3.05) is 0 Å². The molecule has 0 bridgehead atoms. The lowest BCUT2D eigenvalue weighted by Gasteiger charge is -2.28. The molecule has 71 heavy (non-hydrogen) atoms. The number of amides is 7. The third-order valence-electron chi connectivity index (χ3n) is 10.6. The minimum atomic E-state index is -1.96. The van der Waals surface area contributed by atoms with Gasteiger partial charge in [0.1, 0.15) is 48.1 Å². The van der Waals surface area contributed by atoms with Crippen molar-refractivity contribution in [3.63, 3.8) is 0 Å². The maximum Gasteiger partial charge on any atom is 0.326 e. The molecule has 0 unspecified atom stereocenters. The normalized spacial score (nSPS) is 14.5. The number of nitrogens with two attached hydrogens (primary N) is 1. The van der Waals surface area contributed by atoms with Gasteiger partial charge in [0.15, 0.2) is 0 Å². The number of hydrogen-bond donors (Lipinski definition) is 12. The van der Waals surface area contributed by atoms with Gasteiger partial charge in [-0.2, -0.15) is 0 Å². The Labute approximate surface area is 413 Å². The van der Waals surface area contributed by atoms with Crippen LogP contribution in [0.15, 0.2) is 48.5 Å². The molecule has 2 rings (SSSR count). The zero-order chi connectivity index (χ0) is 53.7. The Morgan fingerprint density at radius 1 is 0.549 bits per heavy atom. The average molecular weight is 1020 g/mol. The van der Waals surface area contributed by atoms with E-state index in [-0.39, 0.29) is 35.8 Å². The first kappa shape index (κ1) is 59.9. The molecule has 390 valence electrons. The van der Waals surface area contributed by atoms with E-state index in [1.165, 1.54) is 6.07 Å². The van der Waals surface area contributed by atoms with Gasteiger partial charge in [-0.25, -0.2) is 9.18 Å². The summed E-state index contributed by atoms with van der Waals surface area (Å²) in [4.78, 5) is 141. The lowest BCUT2D eigenvalue weighted by molar-refractivity contribution is -0.143. The van der Waals surface area contributed by atoms with E-state index in [9.17, 15) is 72.4 Å². The molecule has 25 heteroatoms. The number of hydrogen-bond acceptors (Lipinski definition) is 12. The van der Waals surface area contributed by atoms with Gasteiger partial charge in [-0.15, -0.1) is 0 Å². The van der Waals surface area contributed by atoms with Gasteiger partial charge in [-0.05, 0) is 61.3 Å². The van der Waals surface area contributed by atoms with Gasteiger partial charge in [0, 0.05) is 25.7 Å². The van der Waals surface area contributed by atoms with Crippen molar-refractivity contribution in [1.29, 1.82) is 0 Å². The van der Waals surface area contributed by atoms with Crippen molar-refractivity contribution in [1.82, 2.24) is 37.2 Å². The highest BCUT2D eigenvalue weighted by atomic mass is 35.5. The van der Waals surface area contributed by atoms with Gasteiger partial charge in [-0.3, -0.25) is 47.9 Å². The summed E-state index contributed by atoms with van der Waals surface area (Å²) < 4.78 is 14.2. The number of benzene rings is 2. The molecule has 0 spiro atoms. The molecular formula is C46H62ClFN8O15. The second-order valence-corrected chi connectivity index (χ2v) is 17.9. The number of rotatable bonds is 30. The fraction of sp³-hybridized carbons (Fsp3) is 0.500. The molecule has 0 aliphatic carbocycles. The molecule has 23 nitrogen and oxygen atoms in total. The van der Waals surface area contributed by atoms with Crippen LogP contribution in [-0.4, -0.2) is 134 Å². The number of carboxylic acid groups (broad SMARTS) is 4. The summed E-state index contributed by atoms with van der Waals surface area (Å²) in [5.41, 5.74) is 6.55. The lowest BCUT2D eigenvalue weighted by Crippen LogP contribution is -2.61. The largest absolute Gasteiger partial charge is 0.481 e. The Kier molecular flexibility index (Phi) is 24.5. The van der Waals surface area contributed by atoms with E-state index in [2.05, 4.69) is 37.2 Å². The minimum absolute atomic E-state index is 0.0399. The molecule has 0 aliphatic rings. The van der Waals surface area contributed by atoms with E-state index in [0.717, 1.165) is 19.1 Å². The van der Waals surface area contributed by atoms with E-state index in [4.69, 9.17) is 22.4 Å². The first-order chi connectivity index (χ1) is 33.2. The van der Waals surface area contributed by atoms with Gasteiger partial charge in [0.05, 0.1) is 17.5 Å². The standard InChI is InChI=1S/C46H62ClFN8O15/c1-22(2)17-31(54-45(69)38(23(3)4)56-40(64)29(49)13-15-35(57)58)43(67)52-32(20-26-11-12-28(48)27(47)18-26)44(68)53-33(21-37(61)62)42(66)50-24(5)39(63)51-30(14-16-36(59)60)41(65)55-34(46(70)71)19-25-9-7-6-8-10-25/h6-12,18,22-24,29-34,38H,13-17,19-21,49H2,1-5H3,(H,50,66)(H,51,63)(H,52,67)(H,53,68)(H,54,69)(H,55,65)(H,56,64)(H,57,58)(H,59,60)(H,61,62)(H,70,71)/t24-,29-,30-,31-,32-,33-,34-,38-/m0/s1. The number of aliphatic carboxylic acids is 4. The smallest absolute Gasteiger partial charge is 0.326 e. The summed E-state index contributed by atoms with van der Waals surface area (Å²) in [6, 6.07) is -0.796. The molecule has 0 fully saturated rings. The Hall–Kier alpha value is -7.21. The van der Waals surface area contributed by atoms with Crippen molar-refractivity contribution in [2.45, 2.75) is 134 Å². The average Bonchev–Trinajstić information content (AvgIpc) is 3.28. The highest BCUT2D eigenvalue weighted by Gasteiger charge is 2.35. The van der Waals surface area contributed by atoms with E-state index < -0.39 is 157 Å². The highest BCUT2D eigenvalue weighted by molar-refractivity contribution is 6.30. The van der Waals surface area contributed by atoms with Crippen molar-refractivity contribution >= 4 is 76.8 Å². The second-order valence-electron chi connectivity index (χ2n) is 17.4. The third-order valence-corrected chi connectivity index (χ3v) is 10.9. The van der Waals surface area contributed by atoms with Gasteiger partial charge < -0.3 is 63.4 Å². The number of halogens is 2. The predicted molar refractivity (Wildman–Crippen MR) is 250 cm³/mol. The first-order valence-electron chi connectivity index (χ1n) is 22.4. The lowest BCUT2D eigenvalue weighted by atomic mass is 9.98. The van der Waals surface area contributed by atoms with Crippen LogP contribution in [0, 0.1) is 17.7 Å².